The molecule has 0 unspecified atom stereocenters. The van der Waals surface area contributed by atoms with E-state index < -0.39 is 0 Å². The second-order valence-corrected chi connectivity index (χ2v) is 6.49. The van der Waals surface area contributed by atoms with Crippen LogP contribution in [0.25, 0.3) is 0 Å². The summed E-state index contributed by atoms with van der Waals surface area (Å²) in [6.45, 7) is 2.86. The number of thioether (sulfide) groups is 1. The quantitative estimate of drug-likeness (QED) is 0.863. The molecule has 1 nitrogen and oxygen atoms in total. The lowest BCUT2D eigenvalue weighted by Crippen LogP contribution is -2.46. The molecule has 3 heteroatoms. The summed E-state index contributed by atoms with van der Waals surface area (Å²) >= 11 is 1.63. The summed E-state index contributed by atoms with van der Waals surface area (Å²) in [6, 6.07) is 6.99. The summed E-state index contributed by atoms with van der Waals surface area (Å²) in [5.74, 6) is 0.673. The lowest BCUT2D eigenvalue weighted by molar-refractivity contribution is 0.220. The minimum atomic E-state index is -0.121. The lowest BCUT2D eigenvalue weighted by atomic mass is 9.72. The Balaban J connectivity index is 2.00. The minimum Gasteiger partial charge on any atom is -0.329 e. The van der Waals surface area contributed by atoms with Gasteiger partial charge in [-0.1, -0.05) is 31.9 Å². The van der Waals surface area contributed by atoms with Crippen LogP contribution in [0, 0.1) is 11.7 Å². The summed E-state index contributed by atoms with van der Waals surface area (Å²) in [4.78, 5) is 0.743. The fourth-order valence-electron chi connectivity index (χ4n) is 2.66. The maximum atomic E-state index is 13.6. The maximum Gasteiger partial charge on any atom is 0.136 e. The first kappa shape index (κ1) is 12.9. The Bertz CT molecular complexity index is 374. The fraction of sp³-hybridized carbons (Fsp3) is 0.571. The van der Waals surface area contributed by atoms with E-state index in [9.17, 15) is 4.39 Å². The Morgan fingerprint density at radius 3 is 2.71 bits per heavy atom. The van der Waals surface area contributed by atoms with E-state index in [1.54, 1.807) is 17.8 Å². The van der Waals surface area contributed by atoms with Gasteiger partial charge in [0.05, 0.1) is 0 Å². The standard InChI is InChI=1S/C14H20FNS/c1-2-5-11-8-14(9-11,10-16)17-13-7-4-3-6-12(13)15/h3-4,6-7,11H,2,5,8-10,16H2,1H3. The van der Waals surface area contributed by atoms with Gasteiger partial charge in [0, 0.05) is 16.2 Å². The van der Waals surface area contributed by atoms with Crippen molar-refractivity contribution in [3.63, 3.8) is 0 Å². The van der Waals surface area contributed by atoms with Crippen LogP contribution in [0.2, 0.25) is 0 Å². The molecular weight excluding hydrogens is 233 g/mol. The fourth-order valence-corrected chi connectivity index (χ4v) is 4.16. The molecule has 17 heavy (non-hydrogen) atoms. The first-order valence-corrected chi connectivity index (χ1v) is 7.14. The van der Waals surface area contributed by atoms with E-state index in [4.69, 9.17) is 5.73 Å². The molecule has 2 N–H and O–H groups in total. The van der Waals surface area contributed by atoms with E-state index in [1.807, 2.05) is 12.1 Å². The number of benzene rings is 1. The van der Waals surface area contributed by atoms with Gasteiger partial charge in [-0.25, -0.2) is 4.39 Å². The molecule has 1 saturated carbocycles. The molecule has 0 amide bonds. The van der Waals surface area contributed by atoms with Crippen LogP contribution in [0.5, 0.6) is 0 Å². The SMILES string of the molecule is CCCC1CC(CN)(Sc2ccccc2F)C1. The summed E-state index contributed by atoms with van der Waals surface area (Å²) in [7, 11) is 0. The summed E-state index contributed by atoms with van der Waals surface area (Å²) in [5, 5.41) is 0. The van der Waals surface area contributed by atoms with Crippen LogP contribution in [-0.4, -0.2) is 11.3 Å². The zero-order chi connectivity index (χ0) is 12.3. The van der Waals surface area contributed by atoms with Crippen molar-refractivity contribution in [2.75, 3.05) is 6.54 Å². The van der Waals surface area contributed by atoms with Gasteiger partial charge >= 0.3 is 0 Å². The Hall–Kier alpha value is -0.540. The molecule has 0 spiro atoms. The molecule has 0 radical (unpaired) electrons. The Kier molecular flexibility index (Phi) is 4.10. The highest BCUT2D eigenvalue weighted by molar-refractivity contribution is 8.00. The van der Waals surface area contributed by atoms with Crippen LogP contribution in [0.4, 0.5) is 4.39 Å². The van der Waals surface area contributed by atoms with Gasteiger partial charge in [0.1, 0.15) is 5.82 Å². The summed E-state index contributed by atoms with van der Waals surface area (Å²) in [5.41, 5.74) is 5.88. The van der Waals surface area contributed by atoms with E-state index in [0.29, 0.717) is 6.54 Å². The van der Waals surface area contributed by atoms with Crippen molar-refractivity contribution in [3.8, 4) is 0 Å². The molecule has 1 aliphatic carbocycles. The zero-order valence-electron chi connectivity index (χ0n) is 10.3. The highest BCUT2D eigenvalue weighted by Gasteiger charge is 2.43. The molecule has 1 aromatic carbocycles. The number of halogens is 1. The van der Waals surface area contributed by atoms with Gasteiger partial charge in [-0.3, -0.25) is 0 Å². The largest absolute Gasteiger partial charge is 0.329 e. The Morgan fingerprint density at radius 2 is 2.12 bits per heavy atom. The van der Waals surface area contributed by atoms with Crippen LogP contribution in [0.15, 0.2) is 29.2 Å². The van der Waals surface area contributed by atoms with Crippen LogP contribution in [0.3, 0.4) is 0 Å². The van der Waals surface area contributed by atoms with Crippen molar-refractivity contribution < 1.29 is 4.39 Å². The van der Waals surface area contributed by atoms with Gasteiger partial charge in [0.25, 0.3) is 0 Å². The van der Waals surface area contributed by atoms with Gasteiger partial charge in [-0.2, -0.15) is 0 Å². The third kappa shape index (κ3) is 2.83. The molecule has 94 valence electrons. The van der Waals surface area contributed by atoms with Crippen LogP contribution in [-0.2, 0) is 0 Å². The smallest absolute Gasteiger partial charge is 0.136 e. The highest BCUT2D eigenvalue weighted by atomic mass is 32.2. The molecular formula is C14H20FNS. The number of hydrogen-bond donors (Lipinski definition) is 1. The lowest BCUT2D eigenvalue weighted by Gasteiger charge is -2.46. The van der Waals surface area contributed by atoms with Gasteiger partial charge in [0.2, 0.25) is 0 Å². The minimum absolute atomic E-state index is 0.0853. The average molecular weight is 253 g/mol. The average Bonchev–Trinajstić information content (AvgIpc) is 2.29. The molecule has 0 bridgehead atoms. The van der Waals surface area contributed by atoms with Gasteiger partial charge < -0.3 is 5.73 Å². The van der Waals surface area contributed by atoms with E-state index in [2.05, 4.69) is 6.92 Å². The van der Waals surface area contributed by atoms with Gasteiger partial charge in [-0.15, -0.1) is 11.8 Å². The summed E-state index contributed by atoms with van der Waals surface area (Å²) in [6.07, 6.45) is 4.78. The van der Waals surface area contributed by atoms with Crippen LogP contribution >= 0.6 is 11.8 Å². The predicted molar refractivity (Wildman–Crippen MR) is 71.7 cm³/mol. The van der Waals surface area contributed by atoms with E-state index in [1.165, 1.54) is 18.9 Å². The van der Waals surface area contributed by atoms with Crippen molar-refractivity contribution in [1.29, 1.82) is 0 Å². The molecule has 0 aliphatic heterocycles. The second kappa shape index (κ2) is 5.40. The third-order valence-corrected chi connectivity index (χ3v) is 5.04. The van der Waals surface area contributed by atoms with Crippen LogP contribution < -0.4 is 5.73 Å². The molecule has 0 heterocycles. The van der Waals surface area contributed by atoms with Crippen molar-refractivity contribution in [1.82, 2.24) is 0 Å². The monoisotopic (exact) mass is 253 g/mol. The van der Waals surface area contributed by atoms with Gasteiger partial charge in [-0.05, 0) is 30.9 Å². The molecule has 0 saturated heterocycles. The summed E-state index contributed by atoms with van der Waals surface area (Å²) < 4.78 is 13.7. The maximum absolute atomic E-state index is 13.6. The van der Waals surface area contributed by atoms with E-state index in [0.717, 1.165) is 23.7 Å². The van der Waals surface area contributed by atoms with Crippen LogP contribution in [0.1, 0.15) is 32.6 Å². The Labute approximate surface area is 107 Å². The second-order valence-electron chi connectivity index (χ2n) is 4.98. The number of hydrogen-bond acceptors (Lipinski definition) is 2. The van der Waals surface area contributed by atoms with Crippen molar-refractivity contribution >= 4 is 11.8 Å². The van der Waals surface area contributed by atoms with Gasteiger partial charge in [0.15, 0.2) is 0 Å². The van der Waals surface area contributed by atoms with Crippen molar-refractivity contribution in [3.05, 3.63) is 30.1 Å². The molecule has 1 aliphatic rings. The molecule has 1 fully saturated rings. The highest BCUT2D eigenvalue weighted by Crippen LogP contribution is 2.52. The van der Waals surface area contributed by atoms with Crippen molar-refractivity contribution in [2.45, 2.75) is 42.2 Å². The van der Waals surface area contributed by atoms with E-state index in [-0.39, 0.29) is 10.6 Å². The molecule has 0 aromatic heterocycles. The normalized spacial score (nSPS) is 27.8. The zero-order valence-corrected chi connectivity index (χ0v) is 11.1. The Morgan fingerprint density at radius 1 is 1.41 bits per heavy atom. The molecule has 1 aromatic rings. The number of nitrogens with two attached hydrogens (primary N) is 1. The topological polar surface area (TPSA) is 26.0 Å². The van der Waals surface area contributed by atoms with Crippen molar-refractivity contribution in [2.24, 2.45) is 11.7 Å². The molecule has 2 rings (SSSR count). The predicted octanol–water partition coefficient (Wildman–Crippen LogP) is 3.83. The first-order chi connectivity index (χ1) is 8.19. The first-order valence-electron chi connectivity index (χ1n) is 6.33. The third-order valence-electron chi connectivity index (χ3n) is 3.55. The number of rotatable bonds is 5. The van der Waals surface area contributed by atoms with E-state index >= 15 is 0 Å². The molecule has 0 atom stereocenters.